The van der Waals surface area contributed by atoms with Crippen LogP contribution in [0.1, 0.15) is 17.5 Å². The van der Waals surface area contributed by atoms with Crippen LogP contribution in [0.25, 0.3) is 0 Å². The standard InChI is InChI=1S/C18H18N2O2/c1-20(15-5-3-2-4-6-15)18(22)12-13-7-9-16-14(11-13)8-10-17(21)19-16/h2-7,9,11H,8,10,12H2,1H3,(H,19,21). The van der Waals surface area contributed by atoms with Gasteiger partial charge < -0.3 is 10.2 Å². The first kappa shape index (κ1) is 14.3. The van der Waals surface area contributed by atoms with Crippen LogP contribution in [0, 0.1) is 0 Å². The normalized spacial score (nSPS) is 13.2. The Morgan fingerprint density at radius 3 is 2.68 bits per heavy atom. The molecule has 4 nitrogen and oxygen atoms in total. The Morgan fingerprint density at radius 1 is 1.14 bits per heavy atom. The first-order valence-electron chi connectivity index (χ1n) is 7.37. The summed E-state index contributed by atoms with van der Waals surface area (Å²) in [5, 5.41) is 2.85. The predicted molar refractivity (Wildman–Crippen MR) is 86.9 cm³/mol. The third-order valence-electron chi connectivity index (χ3n) is 3.94. The van der Waals surface area contributed by atoms with Crippen molar-refractivity contribution >= 4 is 23.2 Å². The monoisotopic (exact) mass is 294 g/mol. The summed E-state index contributed by atoms with van der Waals surface area (Å²) < 4.78 is 0. The molecule has 0 aromatic heterocycles. The Kier molecular flexibility index (Phi) is 3.92. The molecule has 0 bridgehead atoms. The molecular formula is C18H18N2O2. The van der Waals surface area contributed by atoms with Gasteiger partial charge in [0.05, 0.1) is 6.42 Å². The summed E-state index contributed by atoms with van der Waals surface area (Å²) in [6.07, 6.45) is 1.60. The van der Waals surface area contributed by atoms with Crippen LogP contribution < -0.4 is 10.2 Å². The predicted octanol–water partition coefficient (Wildman–Crippen LogP) is 2.78. The summed E-state index contributed by atoms with van der Waals surface area (Å²) in [5.74, 6) is 0.103. The Bertz CT molecular complexity index is 710. The minimum Gasteiger partial charge on any atom is -0.326 e. The fourth-order valence-electron chi connectivity index (χ4n) is 2.64. The largest absolute Gasteiger partial charge is 0.326 e. The fourth-order valence-corrected chi connectivity index (χ4v) is 2.64. The van der Waals surface area contributed by atoms with Gasteiger partial charge in [0.1, 0.15) is 0 Å². The number of aryl methyl sites for hydroxylation is 1. The van der Waals surface area contributed by atoms with Crippen molar-refractivity contribution in [2.24, 2.45) is 0 Å². The molecule has 1 heterocycles. The summed E-state index contributed by atoms with van der Waals surface area (Å²) in [6, 6.07) is 15.4. The number of carbonyl (C=O) groups excluding carboxylic acids is 2. The van der Waals surface area contributed by atoms with E-state index in [0.717, 1.165) is 28.9 Å². The van der Waals surface area contributed by atoms with E-state index in [2.05, 4.69) is 5.32 Å². The summed E-state index contributed by atoms with van der Waals surface area (Å²) in [4.78, 5) is 25.4. The second kappa shape index (κ2) is 6.02. The van der Waals surface area contributed by atoms with E-state index in [9.17, 15) is 9.59 Å². The molecule has 22 heavy (non-hydrogen) atoms. The number of hydrogen-bond donors (Lipinski definition) is 1. The molecule has 1 aliphatic heterocycles. The molecule has 2 amide bonds. The highest BCUT2D eigenvalue weighted by Gasteiger charge is 2.16. The lowest BCUT2D eigenvalue weighted by molar-refractivity contribution is -0.118. The number of anilines is 2. The molecule has 3 rings (SSSR count). The minimum atomic E-state index is 0.0472. The summed E-state index contributed by atoms with van der Waals surface area (Å²) in [6.45, 7) is 0. The van der Waals surface area contributed by atoms with Gasteiger partial charge in [0, 0.05) is 24.8 Å². The van der Waals surface area contributed by atoms with Gasteiger partial charge >= 0.3 is 0 Å². The van der Waals surface area contributed by atoms with E-state index in [1.165, 1.54) is 0 Å². The third-order valence-corrected chi connectivity index (χ3v) is 3.94. The van der Waals surface area contributed by atoms with Gasteiger partial charge in [-0.15, -0.1) is 0 Å². The van der Waals surface area contributed by atoms with E-state index in [0.29, 0.717) is 12.8 Å². The second-order valence-corrected chi connectivity index (χ2v) is 5.50. The lowest BCUT2D eigenvalue weighted by Gasteiger charge is -2.19. The van der Waals surface area contributed by atoms with Gasteiger partial charge in [-0.1, -0.05) is 30.3 Å². The van der Waals surface area contributed by atoms with Gasteiger partial charge in [-0.05, 0) is 35.7 Å². The number of likely N-dealkylation sites (N-methyl/N-ethyl adjacent to an activating group) is 1. The van der Waals surface area contributed by atoms with E-state index < -0.39 is 0 Å². The molecule has 0 fully saturated rings. The number of fused-ring (bicyclic) bond motifs is 1. The maximum atomic E-state index is 12.4. The molecule has 0 saturated heterocycles. The third kappa shape index (κ3) is 3.01. The van der Waals surface area contributed by atoms with Crippen LogP contribution in [-0.2, 0) is 22.4 Å². The van der Waals surface area contributed by atoms with Crippen molar-refractivity contribution in [3.05, 3.63) is 59.7 Å². The summed E-state index contributed by atoms with van der Waals surface area (Å²) in [7, 11) is 1.79. The fraction of sp³-hybridized carbons (Fsp3) is 0.222. The molecular weight excluding hydrogens is 276 g/mol. The smallest absolute Gasteiger partial charge is 0.231 e. The average molecular weight is 294 g/mol. The van der Waals surface area contributed by atoms with E-state index in [1.807, 2.05) is 48.5 Å². The zero-order valence-corrected chi connectivity index (χ0v) is 12.5. The first-order chi connectivity index (χ1) is 10.6. The van der Waals surface area contributed by atoms with Crippen molar-refractivity contribution in [3.8, 4) is 0 Å². The lowest BCUT2D eigenvalue weighted by Crippen LogP contribution is -2.28. The topological polar surface area (TPSA) is 49.4 Å². The molecule has 112 valence electrons. The quantitative estimate of drug-likeness (QED) is 0.946. The van der Waals surface area contributed by atoms with Crippen molar-refractivity contribution < 1.29 is 9.59 Å². The zero-order valence-electron chi connectivity index (χ0n) is 12.5. The average Bonchev–Trinajstić information content (AvgIpc) is 2.55. The second-order valence-electron chi connectivity index (χ2n) is 5.50. The Morgan fingerprint density at radius 2 is 1.91 bits per heavy atom. The van der Waals surface area contributed by atoms with Crippen molar-refractivity contribution in [2.45, 2.75) is 19.3 Å². The number of benzene rings is 2. The number of rotatable bonds is 3. The lowest BCUT2D eigenvalue weighted by atomic mass is 9.99. The molecule has 0 aliphatic carbocycles. The molecule has 1 N–H and O–H groups in total. The molecule has 0 atom stereocenters. The van der Waals surface area contributed by atoms with E-state index in [-0.39, 0.29) is 11.8 Å². The van der Waals surface area contributed by atoms with Gasteiger partial charge in [-0.2, -0.15) is 0 Å². The van der Waals surface area contributed by atoms with Crippen LogP contribution in [0.4, 0.5) is 11.4 Å². The molecule has 0 radical (unpaired) electrons. The number of nitrogens with zero attached hydrogens (tertiary/aromatic N) is 1. The highest BCUT2D eigenvalue weighted by Crippen LogP contribution is 2.24. The summed E-state index contributed by atoms with van der Waals surface area (Å²) >= 11 is 0. The van der Waals surface area contributed by atoms with Crippen molar-refractivity contribution in [1.82, 2.24) is 0 Å². The molecule has 0 unspecified atom stereocenters. The Labute approximate surface area is 129 Å². The number of carbonyl (C=O) groups is 2. The van der Waals surface area contributed by atoms with Crippen LogP contribution in [0.15, 0.2) is 48.5 Å². The SMILES string of the molecule is CN(C(=O)Cc1ccc2c(c1)CCC(=O)N2)c1ccccc1. The Hall–Kier alpha value is -2.62. The van der Waals surface area contributed by atoms with E-state index >= 15 is 0 Å². The minimum absolute atomic E-state index is 0.0472. The Balaban J connectivity index is 1.73. The van der Waals surface area contributed by atoms with Gasteiger partial charge in [-0.25, -0.2) is 0 Å². The van der Waals surface area contributed by atoms with Crippen LogP contribution in [0.5, 0.6) is 0 Å². The van der Waals surface area contributed by atoms with Gasteiger partial charge in [-0.3, -0.25) is 9.59 Å². The van der Waals surface area contributed by atoms with E-state index in [1.54, 1.807) is 11.9 Å². The van der Waals surface area contributed by atoms with Gasteiger partial charge in [0.2, 0.25) is 11.8 Å². The molecule has 1 aliphatic rings. The van der Waals surface area contributed by atoms with Crippen LogP contribution in [-0.4, -0.2) is 18.9 Å². The number of nitrogens with one attached hydrogen (secondary N) is 1. The molecule has 4 heteroatoms. The van der Waals surface area contributed by atoms with Crippen molar-refractivity contribution in [1.29, 1.82) is 0 Å². The van der Waals surface area contributed by atoms with E-state index in [4.69, 9.17) is 0 Å². The molecule has 2 aromatic carbocycles. The molecule has 0 saturated carbocycles. The maximum Gasteiger partial charge on any atom is 0.231 e. The maximum absolute atomic E-state index is 12.4. The van der Waals surface area contributed by atoms with Crippen LogP contribution >= 0.6 is 0 Å². The number of para-hydroxylation sites is 1. The highest BCUT2D eigenvalue weighted by molar-refractivity contribution is 5.95. The highest BCUT2D eigenvalue weighted by atomic mass is 16.2. The van der Waals surface area contributed by atoms with Crippen LogP contribution in [0.3, 0.4) is 0 Å². The number of amides is 2. The molecule has 2 aromatic rings. The zero-order chi connectivity index (χ0) is 15.5. The van der Waals surface area contributed by atoms with Crippen molar-refractivity contribution in [3.63, 3.8) is 0 Å². The summed E-state index contributed by atoms with van der Waals surface area (Å²) in [5.41, 5.74) is 3.83. The number of hydrogen-bond acceptors (Lipinski definition) is 2. The van der Waals surface area contributed by atoms with Crippen molar-refractivity contribution in [2.75, 3.05) is 17.3 Å². The van der Waals surface area contributed by atoms with Gasteiger partial charge in [0.15, 0.2) is 0 Å². The van der Waals surface area contributed by atoms with Crippen LogP contribution in [0.2, 0.25) is 0 Å². The van der Waals surface area contributed by atoms with Gasteiger partial charge in [0.25, 0.3) is 0 Å². The molecule has 0 spiro atoms. The first-order valence-corrected chi connectivity index (χ1v) is 7.37.